The average Bonchev–Trinajstić information content (AvgIpc) is 2.34. The quantitative estimate of drug-likeness (QED) is 0.634. The van der Waals surface area contributed by atoms with Gasteiger partial charge in [-0.1, -0.05) is 34.6 Å². The summed E-state index contributed by atoms with van der Waals surface area (Å²) in [5.41, 5.74) is 0.331. The molecule has 0 spiro atoms. The standard InChI is InChI=1S/C14H34N2Si/c1-8-14(9-2,13-16(6)7)15-17(10-3,11-4)12-5/h15H,8-13H2,1-7H3. The van der Waals surface area contributed by atoms with Crippen molar-refractivity contribution in [2.75, 3.05) is 20.6 Å². The van der Waals surface area contributed by atoms with Crippen LogP contribution >= 0.6 is 0 Å². The molecule has 0 amide bonds. The van der Waals surface area contributed by atoms with Crippen LogP contribution in [0.15, 0.2) is 0 Å². The first-order chi connectivity index (χ1) is 7.93. The minimum absolute atomic E-state index is 0.331. The molecule has 0 saturated carbocycles. The zero-order valence-electron chi connectivity index (χ0n) is 13.2. The van der Waals surface area contributed by atoms with Crippen LogP contribution in [0.5, 0.6) is 0 Å². The lowest BCUT2D eigenvalue weighted by molar-refractivity contribution is 0.244. The Balaban J connectivity index is 4.94. The number of rotatable bonds is 9. The molecule has 104 valence electrons. The predicted molar refractivity (Wildman–Crippen MR) is 82.2 cm³/mol. The van der Waals surface area contributed by atoms with Crippen LogP contribution in [0, 0.1) is 0 Å². The van der Waals surface area contributed by atoms with Gasteiger partial charge in [0.15, 0.2) is 0 Å². The summed E-state index contributed by atoms with van der Waals surface area (Å²) >= 11 is 0. The minimum Gasteiger partial charge on any atom is -0.331 e. The van der Waals surface area contributed by atoms with Crippen LogP contribution in [0.25, 0.3) is 0 Å². The zero-order valence-corrected chi connectivity index (χ0v) is 14.2. The van der Waals surface area contributed by atoms with Gasteiger partial charge in [-0.2, -0.15) is 0 Å². The second kappa shape index (κ2) is 7.55. The van der Waals surface area contributed by atoms with Crippen LogP contribution in [0.1, 0.15) is 47.5 Å². The molecule has 0 unspecified atom stereocenters. The van der Waals surface area contributed by atoms with Gasteiger partial charge in [0, 0.05) is 12.1 Å². The molecule has 3 heteroatoms. The number of hydrogen-bond acceptors (Lipinski definition) is 2. The summed E-state index contributed by atoms with van der Waals surface area (Å²) in [4.78, 5) is 6.49. The molecular weight excluding hydrogens is 224 g/mol. The summed E-state index contributed by atoms with van der Waals surface area (Å²) in [7, 11) is 3.14. The van der Waals surface area contributed by atoms with Gasteiger partial charge in [0.25, 0.3) is 0 Å². The molecule has 0 rings (SSSR count). The molecule has 0 aliphatic rings. The fourth-order valence-electron chi connectivity index (χ4n) is 2.87. The van der Waals surface area contributed by atoms with Crippen LogP contribution in [0.2, 0.25) is 18.1 Å². The Morgan fingerprint density at radius 1 is 0.882 bits per heavy atom. The molecule has 0 atom stereocenters. The third-order valence-corrected chi connectivity index (χ3v) is 9.65. The van der Waals surface area contributed by atoms with E-state index in [0.29, 0.717) is 5.54 Å². The fraction of sp³-hybridized carbons (Fsp3) is 1.00. The largest absolute Gasteiger partial charge is 0.331 e. The van der Waals surface area contributed by atoms with Gasteiger partial charge in [0.1, 0.15) is 8.24 Å². The predicted octanol–water partition coefficient (Wildman–Crippen LogP) is 3.70. The fourth-order valence-corrected chi connectivity index (χ4v) is 6.46. The molecule has 0 aromatic carbocycles. The highest BCUT2D eigenvalue weighted by Crippen LogP contribution is 2.25. The topological polar surface area (TPSA) is 15.3 Å². The highest BCUT2D eigenvalue weighted by Gasteiger charge is 2.37. The van der Waals surface area contributed by atoms with E-state index in [2.05, 4.69) is 58.6 Å². The summed E-state index contributed by atoms with van der Waals surface area (Å²) in [6, 6.07) is 4.07. The van der Waals surface area contributed by atoms with E-state index in [1.54, 1.807) is 0 Å². The van der Waals surface area contributed by atoms with E-state index in [1.807, 2.05) is 0 Å². The van der Waals surface area contributed by atoms with E-state index in [0.717, 1.165) is 6.54 Å². The van der Waals surface area contributed by atoms with E-state index in [9.17, 15) is 0 Å². The lowest BCUT2D eigenvalue weighted by Crippen LogP contribution is -2.63. The molecule has 0 heterocycles. The molecule has 0 aliphatic heterocycles. The van der Waals surface area contributed by atoms with Gasteiger partial charge in [-0.3, -0.25) is 0 Å². The van der Waals surface area contributed by atoms with Crippen LogP contribution < -0.4 is 4.98 Å². The van der Waals surface area contributed by atoms with Crippen LogP contribution in [0.4, 0.5) is 0 Å². The molecular formula is C14H34N2Si. The van der Waals surface area contributed by atoms with Gasteiger partial charge in [-0.15, -0.1) is 0 Å². The Bertz CT molecular complexity index is 188. The average molecular weight is 259 g/mol. The van der Waals surface area contributed by atoms with Crippen molar-refractivity contribution in [1.82, 2.24) is 9.88 Å². The Kier molecular flexibility index (Phi) is 7.61. The number of nitrogens with zero attached hydrogens (tertiary/aromatic N) is 1. The molecule has 2 nitrogen and oxygen atoms in total. The smallest absolute Gasteiger partial charge is 0.125 e. The maximum absolute atomic E-state index is 4.16. The number of nitrogens with one attached hydrogen (secondary N) is 1. The van der Waals surface area contributed by atoms with Gasteiger partial charge in [-0.25, -0.2) is 0 Å². The molecule has 0 fully saturated rings. The van der Waals surface area contributed by atoms with Crippen molar-refractivity contribution < 1.29 is 0 Å². The lowest BCUT2D eigenvalue weighted by Gasteiger charge is -2.44. The van der Waals surface area contributed by atoms with E-state index in [1.165, 1.54) is 31.0 Å². The molecule has 0 aliphatic carbocycles. The summed E-state index contributed by atoms with van der Waals surface area (Å²) in [5.74, 6) is 0. The van der Waals surface area contributed by atoms with Gasteiger partial charge < -0.3 is 9.88 Å². The minimum atomic E-state index is -1.24. The van der Waals surface area contributed by atoms with Crippen LogP contribution in [-0.2, 0) is 0 Å². The van der Waals surface area contributed by atoms with Crippen LogP contribution in [-0.4, -0.2) is 39.3 Å². The maximum Gasteiger partial charge on any atom is 0.125 e. The number of hydrogen-bond donors (Lipinski definition) is 1. The van der Waals surface area contributed by atoms with Gasteiger partial charge in [0.05, 0.1) is 0 Å². The molecule has 0 radical (unpaired) electrons. The van der Waals surface area contributed by atoms with E-state index in [4.69, 9.17) is 0 Å². The van der Waals surface area contributed by atoms with E-state index >= 15 is 0 Å². The Hall–Kier alpha value is 0.137. The Morgan fingerprint density at radius 3 is 1.53 bits per heavy atom. The van der Waals surface area contributed by atoms with Gasteiger partial charge >= 0.3 is 0 Å². The first-order valence-electron chi connectivity index (χ1n) is 7.37. The lowest BCUT2D eigenvalue weighted by atomic mass is 9.94. The molecule has 0 bridgehead atoms. The maximum atomic E-state index is 4.16. The highest BCUT2D eigenvalue weighted by atomic mass is 28.3. The molecule has 0 aromatic rings. The van der Waals surface area contributed by atoms with E-state index in [-0.39, 0.29) is 0 Å². The van der Waals surface area contributed by atoms with Crippen molar-refractivity contribution in [3.8, 4) is 0 Å². The van der Waals surface area contributed by atoms with Crippen molar-refractivity contribution in [3.63, 3.8) is 0 Å². The van der Waals surface area contributed by atoms with Crippen LogP contribution in [0.3, 0.4) is 0 Å². The second-order valence-electron chi connectivity index (χ2n) is 5.69. The molecule has 17 heavy (non-hydrogen) atoms. The van der Waals surface area contributed by atoms with Crippen molar-refractivity contribution in [2.24, 2.45) is 0 Å². The van der Waals surface area contributed by atoms with Gasteiger partial charge in [0.2, 0.25) is 0 Å². The van der Waals surface area contributed by atoms with Gasteiger partial charge in [-0.05, 0) is 45.1 Å². The third-order valence-electron chi connectivity index (χ3n) is 4.53. The molecule has 0 saturated heterocycles. The SMILES string of the molecule is CCC(CC)(CN(C)C)N[Si](CC)(CC)CC. The highest BCUT2D eigenvalue weighted by molar-refractivity contribution is 6.77. The normalized spacial score (nSPS) is 13.4. The first-order valence-corrected chi connectivity index (χ1v) is 9.99. The number of likely N-dealkylation sites (N-methyl/N-ethyl adjacent to an activating group) is 1. The Morgan fingerprint density at radius 2 is 1.29 bits per heavy atom. The third kappa shape index (κ3) is 4.72. The summed E-state index contributed by atoms with van der Waals surface area (Å²) < 4.78 is 0. The van der Waals surface area contributed by atoms with E-state index < -0.39 is 8.24 Å². The monoisotopic (exact) mass is 258 g/mol. The van der Waals surface area contributed by atoms with Crippen molar-refractivity contribution in [3.05, 3.63) is 0 Å². The Labute approximate surface area is 110 Å². The summed E-state index contributed by atoms with van der Waals surface area (Å²) in [6.07, 6.45) is 2.47. The summed E-state index contributed by atoms with van der Waals surface area (Å²) in [5, 5.41) is 0. The molecule has 0 aromatic heterocycles. The first kappa shape index (κ1) is 17.1. The summed E-state index contributed by atoms with van der Waals surface area (Å²) in [6.45, 7) is 12.9. The zero-order chi connectivity index (χ0) is 13.5. The second-order valence-corrected chi connectivity index (χ2v) is 10.6. The van der Waals surface area contributed by atoms with Crippen molar-refractivity contribution >= 4 is 8.24 Å². The molecule has 1 N–H and O–H groups in total. The van der Waals surface area contributed by atoms with Crippen molar-refractivity contribution in [1.29, 1.82) is 0 Å². The van der Waals surface area contributed by atoms with Crippen molar-refractivity contribution in [2.45, 2.75) is 71.1 Å².